The van der Waals surface area contributed by atoms with Crippen LogP contribution in [0.5, 0.6) is 0 Å². The first-order valence-electron chi connectivity index (χ1n) is 7.13. The molecule has 7 heteroatoms. The predicted molar refractivity (Wildman–Crippen MR) is 84.8 cm³/mol. The van der Waals surface area contributed by atoms with E-state index in [0.717, 1.165) is 4.47 Å². The number of furan rings is 1. The molecule has 116 valence electrons. The number of likely N-dealkylation sites (tertiary alicyclic amines) is 1. The van der Waals surface area contributed by atoms with Crippen LogP contribution >= 0.6 is 15.9 Å². The average Bonchev–Trinajstić information content (AvgIpc) is 3.17. The van der Waals surface area contributed by atoms with Gasteiger partial charge in [-0.25, -0.2) is 0 Å². The minimum atomic E-state index is -0.000464. The van der Waals surface area contributed by atoms with Crippen molar-refractivity contribution in [3.05, 3.63) is 58.6 Å². The molecule has 6 nitrogen and oxygen atoms in total. The van der Waals surface area contributed by atoms with Gasteiger partial charge in [0.05, 0.1) is 17.7 Å². The Kier molecular flexibility index (Phi) is 3.49. The van der Waals surface area contributed by atoms with Gasteiger partial charge in [0.2, 0.25) is 11.7 Å². The molecule has 23 heavy (non-hydrogen) atoms. The maximum atomic E-state index is 12.4. The Morgan fingerprint density at radius 2 is 2.04 bits per heavy atom. The van der Waals surface area contributed by atoms with E-state index >= 15 is 0 Å². The second kappa shape index (κ2) is 5.66. The van der Waals surface area contributed by atoms with Crippen molar-refractivity contribution in [1.29, 1.82) is 0 Å². The van der Waals surface area contributed by atoms with Crippen LogP contribution in [0.15, 0.2) is 56.1 Å². The van der Waals surface area contributed by atoms with Gasteiger partial charge in [-0.3, -0.25) is 4.79 Å². The number of hydrogen-bond donors (Lipinski definition) is 0. The number of carbonyl (C=O) groups excluding carboxylic acids is 1. The van der Waals surface area contributed by atoms with Crippen molar-refractivity contribution >= 4 is 21.8 Å². The SMILES string of the molecule is O=C(c1ccccc1Br)N1CC(c2nc(-c3ccco3)no2)C1. The van der Waals surface area contributed by atoms with Crippen molar-refractivity contribution in [2.75, 3.05) is 13.1 Å². The van der Waals surface area contributed by atoms with E-state index in [1.807, 2.05) is 18.2 Å². The molecule has 1 saturated heterocycles. The first kappa shape index (κ1) is 14.2. The van der Waals surface area contributed by atoms with Gasteiger partial charge in [0.15, 0.2) is 5.76 Å². The third-order valence-electron chi connectivity index (χ3n) is 3.81. The molecule has 1 aromatic carbocycles. The summed E-state index contributed by atoms with van der Waals surface area (Å²) < 4.78 is 11.3. The van der Waals surface area contributed by atoms with Gasteiger partial charge < -0.3 is 13.8 Å². The number of halogens is 1. The van der Waals surface area contributed by atoms with E-state index in [4.69, 9.17) is 8.94 Å². The molecule has 0 N–H and O–H groups in total. The van der Waals surface area contributed by atoms with Gasteiger partial charge in [-0.1, -0.05) is 17.3 Å². The molecule has 0 atom stereocenters. The third kappa shape index (κ3) is 2.57. The standard InChI is InChI=1S/C16H12BrN3O3/c17-12-5-2-1-4-11(12)16(21)20-8-10(9-20)15-18-14(19-23-15)13-6-3-7-22-13/h1-7,10H,8-9H2. The van der Waals surface area contributed by atoms with Crippen molar-refractivity contribution in [3.8, 4) is 11.6 Å². The van der Waals surface area contributed by atoms with Crippen LogP contribution in [0.3, 0.4) is 0 Å². The molecule has 1 amide bonds. The van der Waals surface area contributed by atoms with E-state index in [0.29, 0.717) is 36.1 Å². The molecule has 0 bridgehead atoms. The van der Waals surface area contributed by atoms with Gasteiger partial charge in [-0.05, 0) is 40.2 Å². The first-order chi connectivity index (χ1) is 11.2. The fourth-order valence-electron chi connectivity index (χ4n) is 2.51. The van der Waals surface area contributed by atoms with Crippen LogP contribution in [0.2, 0.25) is 0 Å². The van der Waals surface area contributed by atoms with Crippen molar-refractivity contribution < 1.29 is 13.7 Å². The number of nitrogens with zero attached hydrogens (tertiary/aromatic N) is 3. The second-order valence-corrected chi connectivity index (χ2v) is 6.17. The summed E-state index contributed by atoms with van der Waals surface area (Å²) in [5, 5.41) is 3.91. The van der Waals surface area contributed by atoms with E-state index in [2.05, 4.69) is 26.1 Å². The molecule has 0 unspecified atom stereocenters. The van der Waals surface area contributed by atoms with E-state index < -0.39 is 0 Å². The lowest BCUT2D eigenvalue weighted by atomic mass is 9.99. The van der Waals surface area contributed by atoms with E-state index in [1.54, 1.807) is 29.4 Å². The summed E-state index contributed by atoms with van der Waals surface area (Å²) in [6.45, 7) is 1.14. The van der Waals surface area contributed by atoms with E-state index in [-0.39, 0.29) is 11.8 Å². The molecule has 1 fully saturated rings. The summed E-state index contributed by atoms with van der Waals surface area (Å²) in [6, 6.07) is 10.9. The maximum Gasteiger partial charge on any atom is 0.255 e. The smallest absolute Gasteiger partial charge is 0.255 e. The number of benzene rings is 1. The summed E-state index contributed by atoms with van der Waals surface area (Å²) in [7, 11) is 0. The van der Waals surface area contributed by atoms with Gasteiger partial charge in [0.25, 0.3) is 5.91 Å². The normalized spacial score (nSPS) is 14.7. The lowest BCUT2D eigenvalue weighted by molar-refractivity contribution is 0.0568. The van der Waals surface area contributed by atoms with Crippen molar-refractivity contribution in [2.45, 2.75) is 5.92 Å². The summed E-state index contributed by atoms with van der Waals surface area (Å²) in [5.74, 6) is 1.60. The predicted octanol–water partition coefficient (Wildman–Crippen LogP) is 3.33. The number of aromatic nitrogens is 2. The molecule has 1 aliphatic rings. The van der Waals surface area contributed by atoms with Crippen LogP contribution in [-0.4, -0.2) is 34.0 Å². The maximum absolute atomic E-state index is 12.4. The van der Waals surface area contributed by atoms with Crippen LogP contribution in [0, 0.1) is 0 Å². The molecule has 0 saturated carbocycles. The molecule has 0 radical (unpaired) electrons. The number of amides is 1. The van der Waals surface area contributed by atoms with Crippen molar-refractivity contribution in [2.24, 2.45) is 0 Å². The van der Waals surface area contributed by atoms with Crippen molar-refractivity contribution in [3.63, 3.8) is 0 Å². The van der Waals surface area contributed by atoms with Crippen LogP contribution < -0.4 is 0 Å². The van der Waals surface area contributed by atoms with Gasteiger partial charge in [0.1, 0.15) is 0 Å². The quantitative estimate of drug-likeness (QED) is 0.703. The Morgan fingerprint density at radius 3 is 2.78 bits per heavy atom. The van der Waals surface area contributed by atoms with E-state index in [9.17, 15) is 4.79 Å². The lowest BCUT2D eigenvalue weighted by Crippen LogP contribution is -2.48. The summed E-state index contributed by atoms with van der Waals surface area (Å²) in [6.07, 6.45) is 1.56. The average molecular weight is 374 g/mol. The van der Waals surface area contributed by atoms with Crippen LogP contribution in [0.4, 0.5) is 0 Å². The summed E-state index contributed by atoms with van der Waals surface area (Å²) in [4.78, 5) is 18.5. The Hall–Kier alpha value is -2.41. The Morgan fingerprint density at radius 1 is 1.22 bits per heavy atom. The third-order valence-corrected chi connectivity index (χ3v) is 4.50. The molecule has 1 aliphatic heterocycles. The lowest BCUT2D eigenvalue weighted by Gasteiger charge is -2.37. The minimum absolute atomic E-state index is 0.000464. The Labute approximate surface area is 140 Å². The zero-order chi connectivity index (χ0) is 15.8. The van der Waals surface area contributed by atoms with Crippen LogP contribution in [0.1, 0.15) is 22.2 Å². The first-order valence-corrected chi connectivity index (χ1v) is 7.93. The molecule has 2 aromatic heterocycles. The highest BCUT2D eigenvalue weighted by molar-refractivity contribution is 9.10. The van der Waals surface area contributed by atoms with Gasteiger partial charge in [-0.15, -0.1) is 0 Å². The Balaban J connectivity index is 1.44. The topological polar surface area (TPSA) is 72.4 Å². The van der Waals surface area contributed by atoms with Crippen LogP contribution in [0.25, 0.3) is 11.6 Å². The van der Waals surface area contributed by atoms with Crippen molar-refractivity contribution in [1.82, 2.24) is 15.0 Å². The zero-order valence-corrected chi connectivity index (χ0v) is 13.6. The fourth-order valence-corrected chi connectivity index (χ4v) is 2.97. The Bertz CT molecular complexity index is 838. The molecule has 4 rings (SSSR count). The molecule has 3 heterocycles. The molecular weight excluding hydrogens is 362 g/mol. The van der Waals surface area contributed by atoms with Gasteiger partial charge >= 0.3 is 0 Å². The fraction of sp³-hybridized carbons (Fsp3) is 0.188. The summed E-state index contributed by atoms with van der Waals surface area (Å²) in [5.41, 5.74) is 0.660. The highest BCUT2D eigenvalue weighted by Crippen LogP contribution is 2.30. The molecule has 0 spiro atoms. The minimum Gasteiger partial charge on any atom is -0.461 e. The largest absolute Gasteiger partial charge is 0.461 e. The highest BCUT2D eigenvalue weighted by atomic mass is 79.9. The van der Waals surface area contributed by atoms with Gasteiger partial charge in [-0.2, -0.15) is 4.98 Å². The molecular formula is C16H12BrN3O3. The summed E-state index contributed by atoms with van der Waals surface area (Å²) >= 11 is 3.41. The van der Waals surface area contributed by atoms with Crippen LogP contribution in [-0.2, 0) is 0 Å². The zero-order valence-electron chi connectivity index (χ0n) is 12.0. The van der Waals surface area contributed by atoms with E-state index in [1.165, 1.54) is 0 Å². The number of rotatable bonds is 3. The number of hydrogen-bond acceptors (Lipinski definition) is 5. The molecule has 0 aliphatic carbocycles. The monoisotopic (exact) mass is 373 g/mol. The van der Waals surface area contributed by atoms with Gasteiger partial charge in [0, 0.05) is 17.6 Å². The highest BCUT2D eigenvalue weighted by Gasteiger charge is 2.36. The second-order valence-electron chi connectivity index (χ2n) is 5.32. The number of carbonyl (C=O) groups is 1. The molecule has 3 aromatic rings.